The van der Waals surface area contributed by atoms with Crippen molar-refractivity contribution in [3.8, 4) is 11.3 Å². The minimum atomic E-state index is -4.67. The van der Waals surface area contributed by atoms with E-state index in [1.807, 2.05) is 5.16 Å². The lowest BCUT2D eigenvalue weighted by Gasteiger charge is -2.08. The van der Waals surface area contributed by atoms with E-state index in [0.717, 1.165) is 6.07 Å². The summed E-state index contributed by atoms with van der Waals surface area (Å²) in [6.45, 7) is 0. The molecule has 4 nitrogen and oxygen atoms in total. The van der Waals surface area contributed by atoms with Gasteiger partial charge in [-0.05, 0) is 6.07 Å². The van der Waals surface area contributed by atoms with Gasteiger partial charge in [0.2, 0.25) is 0 Å². The summed E-state index contributed by atoms with van der Waals surface area (Å²) < 4.78 is 43.8. The molecule has 0 radical (unpaired) electrons. The zero-order chi connectivity index (χ0) is 14.3. The van der Waals surface area contributed by atoms with Crippen LogP contribution >= 0.6 is 0 Å². The van der Waals surface area contributed by atoms with E-state index in [0.29, 0.717) is 5.56 Å². The Balaban J connectivity index is 2.35. The number of H-pyrrole nitrogens is 1. The van der Waals surface area contributed by atoms with Gasteiger partial charge in [-0.1, -0.05) is 30.3 Å². The number of hydrogen-bond acceptors (Lipinski definition) is 3. The Hall–Kier alpha value is -2.57. The van der Waals surface area contributed by atoms with Crippen molar-refractivity contribution in [1.82, 2.24) is 10.1 Å². The standard InChI is InChI=1S/C13H7F3N2O2/c14-13(15,16)8-6-9(7-4-2-1-3-5-7)17-12-10(8)11(19)18-20-12/h1-6H,(H,18,19). The fourth-order valence-electron chi connectivity index (χ4n) is 1.94. The van der Waals surface area contributed by atoms with Crippen LogP contribution in [-0.2, 0) is 6.18 Å². The van der Waals surface area contributed by atoms with Crippen molar-refractivity contribution in [1.29, 1.82) is 0 Å². The van der Waals surface area contributed by atoms with Gasteiger partial charge in [0, 0.05) is 5.56 Å². The highest BCUT2D eigenvalue weighted by molar-refractivity contribution is 5.80. The minimum absolute atomic E-state index is 0.0909. The van der Waals surface area contributed by atoms with Crippen molar-refractivity contribution >= 4 is 11.1 Å². The molecule has 0 fully saturated rings. The molecule has 1 N–H and O–H groups in total. The Bertz CT molecular complexity index is 819. The highest BCUT2D eigenvalue weighted by Gasteiger charge is 2.35. The average molecular weight is 280 g/mol. The van der Waals surface area contributed by atoms with Gasteiger partial charge in [-0.2, -0.15) is 18.3 Å². The van der Waals surface area contributed by atoms with E-state index >= 15 is 0 Å². The third kappa shape index (κ3) is 1.97. The van der Waals surface area contributed by atoms with Crippen molar-refractivity contribution in [2.75, 3.05) is 0 Å². The van der Waals surface area contributed by atoms with Gasteiger partial charge in [-0.15, -0.1) is 0 Å². The van der Waals surface area contributed by atoms with Gasteiger partial charge >= 0.3 is 6.18 Å². The van der Waals surface area contributed by atoms with E-state index in [-0.39, 0.29) is 11.4 Å². The normalized spacial score (nSPS) is 11.9. The first-order chi connectivity index (χ1) is 9.47. The van der Waals surface area contributed by atoms with E-state index in [4.69, 9.17) is 4.52 Å². The number of nitrogens with zero attached hydrogens (tertiary/aromatic N) is 1. The van der Waals surface area contributed by atoms with Crippen LogP contribution < -0.4 is 5.56 Å². The molecule has 0 aliphatic carbocycles. The van der Waals surface area contributed by atoms with Crippen LogP contribution in [0, 0.1) is 0 Å². The lowest BCUT2D eigenvalue weighted by molar-refractivity contribution is -0.136. The second-order valence-corrected chi connectivity index (χ2v) is 4.13. The molecule has 102 valence electrons. The maximum Gasteiger partial charge on any atom is 0.417 e. The number of benzene rings is 1. The highest BCUT2D eigenvalue weighted by Crippen LogP contribution is 2.35. The molecule has 2 heterocycles. The Morgan fingerprint density at radius 2 is 1.85 bits per heavy atom. The van der Waals surface area contributed by atoms with Crippen molar-refractivity contribution in [3.63, 3.8) is 0 Å². The minimum Gasteiger partial charge on any atom is -0.358 e. The molecule has 0 unspecified atom stereocenters. The fourth-order valence-corrected chi connectivity index (χ4v) is 1.94. The molecule has 0 bridgehead atoms. The number of fused-ring (bicyclic) bond motifs is 1. The predicted molar refractivity (Wildman–Crippen MR) is 65.1 cm³/mol. The Morgan fingerprint density at radius 1 is 1.15 bits per heavy atom. The van der Waals surface area contributed by atoms with E-state index in [2.05, 4.69) is 4.98 Å². The molecule has 0 amide bonds. The summed E-state index contributed by atoms with van der Waals surface area (Å²) in [4.78, 5) is 15.3. The largest absolute Gasteiger partial charge is 0.417 e. The van der Waals surface area contributed by atoms with Crippen molar-refractivity contribution < 1.29 is 17.7 Å². The maximum atomic E-state index is 13.0. The van der Waals surface area contributed by atoms with Crippen LogP contribution in [0.4, 0.5) is 13.2 Å². The van der Waals surface area contributed by atoms with Crippen LogP contribution in [0.5, 0.6) is 0 Å². The first-order valence-corrected chi connectivity index (χ1v) is 5.61. The third-order valence-corrected chi connectivity index (χ3v) is 2.83. The van der Waals surface area contributed by atoms with Crippen LogP contribution in [0.3, 0.4) is 0 Å². The lowest BCUT2D eigenvalue weighted by Crippen LogP contribution is -2.11. The number of hydrogen-bond donors (Lipinski definition) is 1. The predicted octanol–water partition coefficient (Wildman–Crippen LogP) is 3.20. The summed E-state index contributed by atoms with van der Waals surface area (Å²) in [5.74, 6) is 0. The zero-order valence-electron chi connectivity index (χ0n) is 9.86. The molecule has 0 saturated heterocycles. The molecule has 0 saturated carbocycles. The van der Waals surface area contributed by atoms with Crippen LogP contribution in [0.25, 0.3) is 22.4 Å². The van der Waals surface area contributed by atoms with Gasteiger partial charge in [-0.3, -0.25) is 4.79 Å². The van der Waals surface area contributed by atoms with Crippen LogP contribution in [-0.4, -0.2) is 10.1 Å². The zero-order valence-corrected chi connectivity index (χ0v) is 9.86. The van der Waals surface area contributed by atoms with E-state index in [1.54, 1.807) is 30.3 Å². The maximum absolute atomic E-state index is 13.0. The van der Waals surface area contributed by atoms with Gasteiger partial charge in [-0.25, -0.2) is 4.98 Å². The summed E-state index contributed by atoms with van der Waals surface area (Å²) in [6, 6.07) is 9.20. The fraction of sp³-hybridized carbons (Fsp3) is 0.0769. The molecule has 2 aromatic heterocycles. The smallest absolute Gasteiger partial charge is 0.358 e. The number of rotatable bonds is 1. The van der Waals surface area contributed by atoms with Crippen molar-refractivity contribution in [3.05, 3.63) is 52.3 Å². The van der Waals surface area contributed by atoms with E-state index in [9.17, 15) is 18.0 Å². The number of halogens is 3. The SMILES string of the molecule is O=c1[nH]oc2nc(-c3ccccc3)cc(C(F)(F)F)c12. The number of nitrogens with one attached hydrogen (secondary N) is 1. The molecule has 3 rings (SSSR count). The van der Waals surface area contributed by atoms with Crippen molar-refractivity contribution in [2.24, 2.45) is 0 Å². The summed E-state index contributed by atoms with van der Waals surface area (Å²) >= 11 is 0. The van der Waals surface area contributed by atoms with Gasteiger partial charge in [0.15, 0.2) is 0 Å². The molecule has 0 aliphatic heterocycles. The second kappa shape index (κ2) is 4.22. The first kappa shape index (κ1) is 12.5. The molecule has 0 atom stereocenters. The summed E-state index contributed by atoms with van der Waals surface area (Å²) in [5.41, 5.74) is -1.77. The average Bonchev–Trinajstić information content (AvgIpc) is 2.79. The van der Waals surface area contributed by atoms with Crippen LogP contribution in [0.2, 0.25) is 0 Å². The first-order valence-electron chi connectivity index (χ1n) is 5.61. The molecule has 0 spiro atoms. The Labute approximate surface area is 109 Å². The van der Waals surface area contributed by atoms with E-state index in [1.165, 1.54) is 0 Å². The number of aromatic nitrogens is 2. The van der Waals surface area contributed by atoms with Crippen LogP contribution in [0.15, 0.2) is 45.7 Å². The molecule has 1 aromatic carbocycles. The monoisotopic (exact) mass is 280 g/mol. The number of aromatic amines is 1. The van der Waals surface area contributed by atoms with Gasteiger partial charge in [0.1, 0.15) is 5.39 Å². The van der Waals surface area contributed by atoms with Crippen LogP contribution in [0.1, 0.15) is 5.56 Å². The highest BCUT2D eigenvalue weighted by atomic mass is 19.4. The quantitative estimate of drug-likeness (QED) is 0.744. The van der Waals surface area contributed by atoms with E-state index < -0.39 is 22.7 Å². The van der Waals surface area contributed by atoms with Gasteiger partial charge < -0.3 is 4.52 Å². The summed E-state index contributed by atoms with van der Waals surface area (Å²) in [7, 11) is 0. The second-order valence-electron chi connectivity index (χ2n) is 4.13. The molecule has 20 heavy (non-hydrogen) atoms. The third-order valence-electron chi connectivity index (χ3n) is 2.83. The molecular formula is C13H7F3N2O2. The molecule has 7 heteroatoms. The summed E-state index contributed by atoms with van der Waals surface area (Å²) in [5, 5.41) is 1.29. The molecule has 0 aliphatic rings. The molecular weight excluding hydrogens is 273 g/mol. The number of pyridine rings is 1. The van der Waals surface area contributed by atoms with Gasteiger partial charge in [0.25, 0.3) is 11.3 Å². The topological polar surface area (TPSA) is 58.9 Å². The van der Waals surface area contributed by atoms with Gasteiger partial charge in [0.05, 0.1) is 11.3 Å². The van der Waals surface area contributed by atoms with Crippen molar-refractivity contribution in [2.45, 2.75) is 6.18 Å². The Morgan fingerprint density at radius 3 is 2.50 bits per heavy atom. The lowest BCUT2D eigenvalue weighted by atomic mass is 10.1. The summed E-state index contributed by atoms with van der Waals surface area (Å²) in [6.07, 6.45) is -4.67. The Kier molecular flexibility index (Phi) is 2.63. The number of alkyl halides is 3. The molecule has 3 aromatic rings.